The van der Waals surface area contributed by atoms with Crippen LogP contribution in [0.1, 0.15) is 12.8 Å². The fourth-order valence-corrected chi connectivity index (χ4v) is 1.97. The Morgan fingerprint density at radius 1 is 0.741 bits per heavy atom. The third-order valence-corrected chi connectivity index (χ3v) is 3.36. The maximum absolute atomic E-state index is 13.6. The van der Waals surface area contributed by atoms with Crippen LogP contribution in [-0.4, -0.2) is 43.0 Å². The Morgan fingerprint density at radius 3 is 1.44 bits per heavy atom. The molecule has 0 bridgehead atoms. The van der Waals surface area contributed by atoms with Gasteiger partial charge in [0.2, 0.25) is 5.41 Å². The predicted octanol–water partition coefficient (Wildman–Crippen LogP) is 5.44. The molecule has 0 atom stereocenters. The summed E-state index contributed by atoms with van der Waals surface area (Å²) in [6.45, 7) is 1.38. The van der Waals surface area contributed by atoms with Crippen molar-refractivity contribution in [3.8, 4) is 0 Å². The molecule has 0 fully saturated rings. The fourth-order valence-electron chi connectivity index (χ4n) is 1.97. The number of carbonyl (C=O) groups is 1. The van der Waals surface area contributed by atoms with E-state index in [0.717, 1.165) is 0 Å². The molecule has 27 heavy (non-hydrogen) atoms. The van der Waals surface area contributed by atoms with Crippen LogP contribution in [0.25, 0.3) is 0 Å². The Bertz CT molecular complexity index is 527. The lowest BCUT2D eigenvalue weighted by Crippen LogP contribution is -2.70. The van der Waals surface area contributed by atoms with Gasteiger partial charge in [-0.15, -0.1) is 0 Å². The molecular formula is C12H9F13O2. The predicted molar refractivity (Wildman–Crippen MR) is 60.9 cm³/mol. The Morgan fingerprint density at radius 2 is 1.15 bits per heavy atom. The minimum Gasteiger partial charge on any atom is -0.463 e. The lowest BCUT2D eigenvalue weighted by molar-refractivity contribution is -0.461. The largest absolute Gasteiger partial charge is 0.463 e. The number of carbonyl (C=O) groups excluding carboxylic acids is 1. The molecule has 0 unspecified atom stereocenters. The van der Waals surface area contributed by atoms with E-state index in [1.54, 1.807) is 0 Å². The minimum atomic E-state index is -7.68. The van der Waals surface area contributed by atoms with E-state index in [4.69, 9.17) is 0 Å². The summed E-state index contributed by atoms with van der Waals surface area (Å²) in [5.41, 5.74) is -6.77. The smallest absolute Gasteiger partial charge is 0.459 e. The molecule has 0 aliphatic heterocycles. The Hall–Kier alpha value is -1.70. The third-order valence-electron chi connectivity index (χ3n) is 3.36. The van der Waals surface area contributed by atoms with E-state index in [1.165, 1.54) is 0 Å². The number of esters is 1. The summed E-state index contributed by atoms with van der Waals surface area (Å²) in [6.07, 6.45) is -26.3. The molecule has 0 saturated carbocycles. The van der Waals surface area contributed by atoms with Crippen LogP contribution in [0.4, 0.5) is 57.1 Å². The van der Waals surface area contributed by atoms with Gasteiger partial charge in [-0.3, -0.25) is 0 Å². The van der Waals surface area contributed by atoms with Gasteiger partial charge >= 0.3 is 36.3 Å². The maximum atomic E-state index is 13.6. The van der Waals surface area contributed by atoms with Crippen molar-refractivity contribution >= 4 is 5.97 Å². The normalized spacial score (nSPS) is 14.9. The van der Waals surface area contributed by atoms with Gasteiger partial charge in [0.15, 0.2) is 0 Å². The molecule has 0 aromatic carbocycles. The highest BCUT2D eigenvalue weighted by Crippen LogP contribution is 2.67. The zero-order valence-electron chi connectivity index (χ0n) is 12.6. The molecule has 0 aromatic heterocycles. The highest BCUT2D eigenvalue weighted by Gasteiger charge is 2.91. The first-order valence-corrected chi connectivity index (χ1v) is 6.45. The van der Waals surface area contributed by atoms with Crippen LogP contribution < -0.4 is 0 Å². The van der Waals surface area contributed by atoms with Gasteiger partial charge in [0, 0.05) is 6.08 Å². The number of rotatable bonds is 7. The minimum absolute atomic E-state index is 0.382. The van der Waals surface area contributed by atoms with E-state index in [0.29, 0.717) is 6.08 Å². The SMILES string of the molecule is C=CC(=O)OCCCC(C(F)(F)F)(C(F)(F)F)C(F)(F)C(F)(F)C(F)(F)F. The molecule has 0 radical (unpaired) electrons. The summed E-state index contributed by atoms with van der Waals surface area (Å²) < 4.78 is 171. The molecule has 0 aliphatic carbocycles. The molecule has 0 heterocycles. The van der Waals surface area contributed by atoms with Gasteiger partial charge in [-0.05, 0) is 12.8 Å². The van der Waals surface area contributed by atoms with E-state index >= 15 is 0 Å². The molecule has 0 rings (SSSR count). The van der Waals surface area contributed by atoms with E-state index in [-0.39, 0.29) is 0 Å². The molecular weight excluding hydrogens is 423 g/mol. The lowest BCUT2D eigenvalue weighted by Gasteiger charge is -2.45. The van der Waals surface area contributed by atoms with Crippen molar-refractivity contribution < 1.29 is 66.6 Å². The van der Waals surface area contributed by atoms with E-state index in [2.05, 4.69) is 11.3 Å². The Kier molecular flexibility index (Phi) is 6.91. The monoisotopic (exact) mass is 432 g/mol. The van der Waals surface area contributed by atoms with Crippen molar-refractivity contribution in [3.63, 3.8) is 0 Å². The maximum Gasteiger partial charge on any atom is 0.459 e. The van der Waals surface area contributed by atoms with Crippen LogP contribution in [0, 0.1) is 5.41 Å². The third kappa shape index (κ3) is 4.25. The summed E-state index contributed by atoms with van der Waals surface area (Å²) in [5.74, 6) is -16.8. The molecule has 0 saturated heterocycles. The highest BCUT2D eigenvalue weighted by molar-refractivity contribution is 5.81. The van der Waals surface area contributed by atoms with Crippen LogP contribution >= 0.6 is 0 Å². The van der Waals surface area contributed by atoms with Gasteiger partial charge in [-0.2, -0.15) is 57.1 Å². The van der Waals surface area contributed by atoms with Crippen molar-refractivity contribution in [1.29, 1.82) is 0 Å². The van der Waals surface area contributed by atoms with E-state index in [1.807, 2.05) is 0 Å². The molecule has 0 aromatic rings. The van der Waals surface area contributed by atoms with Crippen molar-refractivity contribution in [2.24, 2.45) is 5.41 Å². The molecule has 15 heteroatoms. The zero-order chi connectivity index (χ0) is 22.1. The second-order valence-corrected chi connectivity index (χ2v) is 5.02. The van der Waals surface area contributed by atoms with Gasteiger partial charge in [0.25, 0.3) is 0 Å². The van der Waals surface area contributed by atoms with Crippen LogP contribution in [0.5, 0.6) is 0 Å². The van der Waals surface area contributed by atoms with Crippen molar-refractivity contribution in [3.05, 3.63) is 12.7 Å². The summed E-state index contributed by atoms with van der Waals surface area (Å²) in [7, 11) is 0. The first-order valence-electron chi connectivity index (χ1n) is 6.45. The van der Waals surface area contributed by atoms with Gasteiger partial charge in [0.05, 0.1) is 6.61 Å². The fraction of sp³-hybridized carbons (Fsp3) is 0.750. The van der Waals surface area contributed by atoms with Crippen LogP contribution in [0.15, 0.2) is 12.7 Å². The number of ether oxygens (including phenoxy) is 1. The number of halogens is 13. The van der Waals surface area contributed by atoms with Crippen LogP contribution in [-0.2, 0) is 9.53 Å². The summed E-state index contributed by atoms with van der Waals surface area (Å²) in [5, 5.41) is 0. The van der Waals surface area contributed by atoms with Crippen molar-refractivity contribution in [2.75, 3.05) is 6.61 Å². The second-order valence-electron chi connectivity index (χ2n) is 5.02. The van der Waals surface area contributed by atoms with Crippen molar-refractivity contribution in [1.82, 2.24) is 0 Å². The number of alkyl halides is 13. The van der Waals surface area contributed by atoms with Gasteiger partial charge in [-0.1, -0.05) is 6.58 Å². The average molecular weight is 432 g/mol. The van der Waals surface area contributed by atoms with Gasteiger partial charge in [-0.25, -0.2) is 4.79 Å². The van der Waals surface area contributed by atoms with Crippen LogP contribution in [0.3, 0.4) is 0 Å². The average Bonchev–Trinajstić information content (AvgIpc) is 2.42. The van der Waals surface area contributed by atoms with E-state index < -0.39 is 61.2 Å². The zero-order valence-corrected chi connectivity index (χ0v) is 12.6. The molecule has 0 aliphatic rings. The molecule has 0 spiro atoms. The highest BCUT2D eigenvalue weighted by atomic mass is 19.4. The summed E-state index contributed by atoms with van der Waals surface area (Å²) in [6, 6.07) is 0. The number of hydrogen-bond acceptors (Lipinski definition) is 2. The first-order chi connectivity index (χ1) is 11.7. The quantitative estimate of drug-likeness (QED) is 0.232. The molecule has 160 valence electrons. The lowest BCUT2D eigenvalue weighted by atomic mass is 9.72. The molecule has 2 nitrogen and oxygen atoms in total. The van der Waals surface area contributed by atoms with Gasteiger partial charge < -0.3 is 4.74 Å². The molecule has 0 amide bonds. The van der Waals surface area contributed by atoms with Crippen LogP contribution in [0.2, 0.25) is 0 Å². The summed E-state index contributed by atoms with van der Waals surface area (Å²) >= 11 is 0. The Labute approximate surface area is 141 Å². The first kappa shape index (κ1) is 25.3. The standard InChI is InChI=1S/C12H9F13O2/c1-2-6(26)27-5-3-4-7(10(17,18)19,11(20,21)22)8(13,14)9(15,16)12(23,24)25/h2H,1,3-5H2. The van der Waals surface area contributed by atoms with Gasteiger partial charge in [0.1, 0.15) is 0 Å². The molecule has 0 N–H and O–H groups in total. The number of hydrogen-bond donors (Lipinski definition) is 0. The van der Waals surface area contributed by atoms with Crippen molar-refractivity contribution in [2.45, 2.75) is 43.2 Å². The summed E-state index contributed by atoms with van der Waals surface area (Å²) in [4.78, 5) is 10.6. The van der Waals surface area contributed by atoms with E-state index in [9.17, 15) is 61.9 Å². The Balaban J connectivity index is 6.35. The second kappa shape index (κ2) is 7.37. The topological polar surface area (TPSA) is 26.3 Å².